The van der Waals surface area contributed by atoms with Gasteiger partial charge in [-0.2, -0.15) is 0 Å². The fourth-order valence-electron chi connectivity index (χ4n) is 2.33. The number of hydrogen-bond acceptors (Lipinski definition) is 5. The Bertz CT molecular complexity index is 408. The van der Waals surface area contributed by atoms with Crippen molar-refractivity contribution in [2.45, 2.75) is 59.7 Å². The number of ether oxygens (including phenoxy) is 3. The van der Waals surface area contributed by atoms with Crippen LogP contribution >= 0.6 is 0 Å². The van der Waals surface area contributed by atoms with Crippen molar-refractivity contribution in [2.24, 2.45) is 11.3 Å². The number of hydrogen-bond donors (Lipinski definition) is 0. The lowest BCUT2D eigenvalue weighted by Crippen LogP contribution is -2.27. The quantitative estimate of drug-likeness (QED) is 0.411. The van der Waals surface area contributed by atoms with E-state index in [1.807, 2.05) is 19.9 Å². The number of carbonyl (C=O) groups excluding carboxylic acids is 2. The molecule has 3 atom stereocenters. The van der Waals surface area contributed by atoms with E-state index >= 15 is 0 Å². The van der Waals surface area contributed by atoms with E-state index in [0.717, 1.165) is 12.8 Å². The molecule has 1 rings (SSSR count). The highest BCUT2D eigenvalue weighted by atomic mass is 16.6. The summed E-state index contributed by atoms with van der Waals surface area (Å²) in [5.74, 6) is -0.782. The Morgan fingerprint density at radius 2 is 1.82 bits per heavy atom. The molecule has 126 valence electrons. The minimum atomic E-state index is -0.644. The second-order valence-corrected chi connectivity index (χ2v) is 6.85. The van der Waals surface area contributed by atoms with Crippen LogP contribution in [-0.2, 0) is 23.8 Å². The zero-order chi connectivity index (χ0) is 16.8. The topological polar surface area (TPSA) is 61.8 Å². The zero-order valence-corrected chi connectivity index (χ0v) is 14.3. The summed E-state index contributed by atoms with van der Waals surface area (Å²) in [5, 5.41) is 0. The Morgan fingerprint density at radius 3 is 2.32 bits per heavy atom. The van der Waals surface area contributed by atoms with Gasteiger partial charge in [0.1, 0.15) is 13.2 Å². The predicted octanol–water partition coefficient (Wildman–Crippen LogP) is 2.88. The first-order chi connectivity index (χ1) is 10.2. The smallest absolute Gasteiger partial charge is 0.339 e. The largest absolute Gasteiger partial charge is 0.462 e. The highest BCUT2D eigenvalue weighted by molar-refractivity contribution is 5.77. The van der Waals surface area contributed by atoms with Crippen LogP contribution in [0.1, 0.15) is 47.5 Å². The second-order valence-electron chi connectivity index (χ2n) is 6.85. The molecule has 0 radical (unpaired) electrons. The molecule has 0 spiro atoms. The summed E-state index contributed by atoms with van der Waals surface area (Å²) < 4.78 is 15.6. The van der Waals surface area contributed by atoms with E-state index in [4.69, 9.17) is 14.2 Å². The Labute approximate surface area is 133 Å². The number of esters is 2. The van der Waals surface area contributed by atoms with Gasteiger partial charge in [0.2, 0.25) is 0 Å². The fourth-order valence-corrected chi connectivity index (χ4v) is 2.33. The molecular weight excluding hydrogens is 284 g/mol. The molecule has 3 unspecified atom stereocenters. The van der Waals surface area contributed by atoms with Crippen LogP contribution in [0.5, 0.6) is 0 Å². The number of carbonyl (C=O) groups is 2. The van der Waals surface area contributed by atoms with Crippen molar-refractivity contribution >= 4 is 11.9 Å². The molecule has 0 saturated carbocycles. The van der Waals surface area contributed by atoms with Crippen molar-refractivity contribution in [1.29, 1.82) is 0 Å². The van der Waals surface area contributed by atoms with Gasteiger partial charge in [0.15, 0.2) is 6.10 Å². The van der Waals surface area contributed by atoms with Crippen LogP contribution in [0.3, 0.4) is 0 Å². The predicted molar refractivity (Wildman–Crippen MR) is 83.2 cm³/mol. The average molecular weight is 312 g/mol. The summed E-state index contributed by atoms with van der Waals surface area (Å²) in [7, 11) is 0. The second kappa shape index (κ2) is 8.32. The molecule has 0 bridgehead atoms. The van der Waals surface area contributed by atoms with Crippen molar-refractivity contribution in [1.82, 2.24) is 0 Å². The lowest BCUT2D eigenvalue weighted by molar-refractivity contribution is -0.161. The molecule has 1 heterocycles. The van der Waals surface area contributed by atoms with Crippen LogP contribution in [0.15, 0.2) is 12.2 Å². The third-order valence-electron chi connectivity index (χ3n) is 3.41. The van der Waals surface area contributed by atoms with E-state index in [1.54, 1.807) is 6.08 Å². The maximum absolute atomic E-state index is 12.0. The zero-order valence-electron chi connectivity index (χ0n) is 14.3. The van der Waals surface area contributed by atoms with Gasteiger partial charge in [0.05, 0.1) is 12.0 Å². The summed E-state index contributed by atoms with van der Waals surface area (Å²) in [4.78, 5) is 23.7. The summed E-state index contributed by atoms with van der Waals surface area (Å²) >= 11 is 0. The Morgan fingerprint density at radius 1 is 1.18 bits per heavy atom. The first kappa shape index (κ1) is 18.7. The molecule has 0 fully saturated rings. The summed E-state index contributed by atoms with van der Waals surface area (Å²) in [5.41, 5.74) is 0.0784. The van der Waals surface area contributed by atoms with Crippen molar-refractivity contribution in [3.05, 3.63) is 12.2 Å². The Balaban J connectivity index is 2.24. The Hall–Kier alpha value is -1.36. The molecule has 0 aromatic heterocycles. The third-order valence-corrected chi connectivity index (χ3v) is 3.41. The molecule has 0 aromatic rings. The molecule has 1 aliphatic rings. The van der Waals surface area contributed by atoms with E-state index in [2.05, 4.69) is 20.8 Å². The van der Waals surface area contributed by atoms with Crippen LogP contribution in [0, 0.1) is 11.3 Å². The van der Waals surface area contributed by atoms with Gasteiger partial charge in [-0.15, -0.1) is 0 Å². The van der Waals surface area contributed by atoms with Crippen molar-refractivity contribution in [2.75, 3.05) is 13.2 Å². The first-order valence-corrected chi connectivity index (χ1v) is 7.90. The molecule has 22 heavy (non-hydrogen) atoms. The third kappa shape index (κ3) is 6.60. The molecule has 1 aliphatic heterocycles. The molecule has 0 aliphatic carbocycles. The standard InChI is InChI=1S/C17H28O5/c1-6-13(11-17(3,4)5)15(18)20-9-10-21-16(19)14-8-7-12(2)22-14/h7-8,12-14H,6,9-11H2,1-5H3. The van der Waals surface area contributed by atoms with Crippen molar-refractivity contribution in [3.63, 3.8) is 0 Å². The lowest BCUT2D eigenvalue weighted by Gasteiger charge is -2.23. The van der Waals surface area contributed by atoms with Gasteiger partial charge in [-0.3, -0.25) is 4.79 Å². The highest BCUT2D eigenvalue weighted by Crippen LogP contribution is 2.27. The summed E-state index contributed by atoms with van der Waals surface area (Å²) in [6, 6.07) is 0. The molecule has 5 nitrogen and oxygen atoms in total. The number of rotatable bonds is 7. The maximum atomic E-state index is 12.0. The fraction of sp³-hybridized carbons (Fsp3) is 0.765. The minimum absolute atomic E-state index is 0.0542. The van der Waals surface area contributed by atoms with Gasteiger partial charge in [-0.1, -0.05) is 33.8 Å². The van der Waals surface area contributed by atoms with Crippen LogP contribution in [0.25, 0.3) is 0 Å². The monoisotopic (exact) mass is 312 g/mol. The van der Waals surface area contributed by atoms with Crippen molar-refractivity contribution in [3.8, 4) is 0 Å². The first-order valence-electron chi connectivity index (χ1n) is 7.90. The normalized spacial score (nSPS) is 22.4. The van der Waals surface area contributed by atoms with Crippen molar-refractivity contribution < 1.29 is 23.8 Å². The van der Waals surface area contributed by atoms with Gasteiger partial charge in [-0.25, -0.2) is 4.79 Å². The van der Waals surface area contributed by atoms with E-state index in [1.165, 1.54) is 0 Å². The van der Waals surface area contributed by atoms with Crippen LogP contribution < -0.4 is 0 Å². The lowest BCUT2D eigenvalue weighted by atomic mass is 9.83. The maximum Gasteiger partial charge on any atom is 0.339 e. The van der Waals surface area contributed by atoms with Gasteiger partial charge in [-0.05, 0) is 31.3 Å². The summed E-state index contributed by atoms with van der Waals surface area (Å²) in [6.07, 6.45) is 4.29. The molecule has 0 amide bonds. The summed E-state index contributed by atoms with van der Waals surface area (Å²) in [6.45, 7) is 10.3. The Kier molecular flexibility index (Phi) is 7.07. The van der Waals surface area contributed by atoms with Gasteiger partial charge in [0, 0.05) is 0 Å². The van der Waals surface area contributed by atoms with Crippen LogP contribution in [-0.4, -0.2) is 37.4 Å². The highest BCUT2D eigenvalue weighted by Gasteiger charge is 2.26. The SMILES string of the molecule is CCC(CC(C)(C)C)C(=O)OCCOC(=O)C1C=CC(C)O1. The molecule has 5 heteroatoms. The van der Waals surface area contributed by atoms with Gasteiger partial charge in [0.25, 0.3) is 0 Å². The average Bonchev–Trinajstić information content (AvgIpc) is 2.86. The minimum Gasteiger partial charge on any atom is -0.462 e. The van der Waals surface area contributed by atoms with Crippen LogP contribution in [0.2, 0.25) is 0 Å². The molecular formula is C17H28O5. The van der Waals surface area contributed by atoms with Crippen LogP contribution in [0.4, 0.5) is 0 Å². The van der Waals surface area contributed by atoms with E-state index in [-0.39, 0.29) is 36.6 Å². The van der Waals surface area contributed by atoms with E-state index in [0.29, 0.717) is 0 Å². The van der Waals surface area contributed by atoms with E-state index in [9.17, 15) is 9.59 Å². The van der Waals surface area contributed by atoms with Gasteiger partial charge >= 0.3 is 11.9 Å². The van der Waals surface area contributed by atoms with Gasteiger partial charge < -0.3 is 14.2 Å². The molecule has 0 N–H and O–H groups in total. The molecule has 0 saturated heterocycles. The molecule has 0 aromatic carbocycles. The van der Waals surface area contributed by atoms with E-state index < -0.39 is 12.1 Å².